The van der Waals surface area contributed by atoms with Crippen molar-refractivity contribution in [3.63, 3.8) is 0 Å². The zero-order valence-corrected chi connectivity index (χ0v) is 22.7. The highest BCUT2D eigenvalue weighted by molar-refractivity contribution is 7.33. The van der Waals surface area contributed by atoms with Crippen molar-refractivity contribution in [1.29, 1.82) is 0 Å². The normalized spacial score (nSPS) is 25.1. The summed E-state index contributed by atoms with van der Waals surface area (Å²) in [6.07, 6.45) is 1.00. The summed E-state index contributed by atoms with van der Waals surface area (Å²) in [5.74, 6) is -0.544. The van der Waals surface area contributed by atoms with E-state index >= 15 is 0 Å². The lowest BCUT2D eigenvalue weighted by Crippen LogP contribution is -2.60. The molecule has 13 heteroatoms. The molecule has 4 unspecified atom stereocenters. The molecule has 0 spiro atoms. The molecule has 1 rings (SSSR count). The highest BCUT2D eigenvalue weighted by Gasteiger charge is 2.52. The van der Waals surface area contributed by atoms with Crippen molar-refractivity contribution < 1.29 is 37.5 Å². The fourth-order valence-electron chi connectivity index (χ4n) is 3.28. The van der Waals surface area contributed by atoms with Crippen LogP contribution in [0.4, 0.5) is 0 Å². The monoisotopic (exact) mass is 521 g/mol. The zero-order valence-electron chi connectivity index (χ0n) is 21.8. The number of carbonyl (C=O) groups excluding carboxylic acids is 1. The van der Waals surface area contributed by atoms with Gasteiger partial charge in [-0.2, -0.15) is 0 Å². The molecule has 0 radical (unpaired) electrons. The molecule has 1 heterocycles. The first-order chi connectivity index (χ1) is 16.7. The second-order valence-electron chi connectivity index (χ2n) is 8.72. The molecule has 1 aliphatic rings. The van der Waals surface area contributed by atoms with Gasteiger partial charge in [0.2, 0.25) is 6.29 Å². The van der Waals surface area contributed by atoms with Crippen LogP contribution in [0.15, 0.2) is 5.11 Å². The van der Waals surface area contributed by atoms with Gasteiger partial charge in [0.1, 0.15) is 18.2 Å². The quantitative estimate of drug-likeness (QED) is 0.0494. The molecule has 202 valence electrons. The minimum absolute atomic E-state index is 0.0774. The molecule has 1 aliphatic heterocycles. The van der Waals surface area contributed by atoms with Gasteiger partial charge in [-0.3, -0.25) is 4.79 Å². The summed E-state index contributed by atoms with van der Waals surface area (Å²) in [7, 11) is -2.69. The standard InChI is InChI=1S/C22H42N4O8P/c1-7-11-13-29-15-17-19(31-16(5)27)20(30-14-12-8-2)18(24-26-23)21(32-17)33-35(28)34-25-22(6,9-3)10-4/h17-21,25H,7-15H2,1-6H3/q+1/t17?,18?,19-,20?,21-/m1/s1. The summed E-state index contributed by atoms with van der Waals surface area (Å²) in [6.45, 7) is 12.1. The molecule has 35 heavy (non-hydrogen) atoms. The molecule has 0 aromatic rings. The molecule has 0 saturated carbocycles. The van der Waals surface area contributed by atoms with Crippen molar-refractivity contribution in [3.8, 4) is 0 Å². The molecule has 12 nitrogen and oxygen atoms in total. The Morgan fingerprint density at radius 1 is 1.14 bits per heavy atom. The minimum atomic E-state index is -2.69. The van der Waals surface area contributed by atoms with Crippen molar-refractivity contribution in [2.24, 2.45) is 5.11 Å². The van der Waals surface area contributed by atoms with Gasteiger partial charge in [0, 0.05) is 35.2 Å². The molecule has 0 aromatic heterocycles. The lowest BCUT2D eigenvalue weighted by atomic mass is 9.97. The van der Waals surface area contributed by atoms with E-state index in [1.54, 1.807) is 0 Å². The maximum Gasteiger partial charge on any atom is 0.719 e. The average molecular weight is 522 g/mol. The Hall–Kier alpha value is -1.36. The lowest BCUT2D eigenvalue weighted by Gasteiger charge is -2.42. The molecular weight excluding hydrogens is 479 g/mol. The number of unbranched alkanes of at least 4 members (excludes halogenated alkanes) is 2. The van der Waals surface area contributed by atoms with E-state index in [0.717, 1.165) is 38.5 Å². The predicted molar refractivity (Wildman–Crippen MR) is 129 cm³/mol. The maximum absolute atomic E-state index is 12.6. The van der Waals surface area contributed by atoms with Gasteiger partial charge in [-0.05, 0) is 42.8 Å². The van der Waals surface area contributed by atoms with Crippen LogP contribution in [0.5, 0.6) is 0 Å². The van der Waals surface area contributed by atoms with Crippen LogP contribution in [-0.4, -0.2) is 62.0 Å². The van der Waals surface area contributed by atoms with Crippen molar-refractivity contribution in [3.05, 3.63) is 10.4 Å². The number of rotatable bonds is 18. The SMILES string of the molecule is CCCCOCC1O[C@H](O[P+](=O)ONC(C)(CC)CC)C(N=[N+]=[N-])C(OCCCC)[C@@H]1OC(C)=O. The summed E-state index contributed by atoms with van der Waals surface area (Å²) in [5, 5.41) is 3.79. The van der Waals surface area contributed by atoms with E-state index < -0.39 is 50.4 Å². The Kier molecular flexibility index (Phi) is 15.5. The van der Waals surface area contributed by atoms with Crippen LogP contribution in [-0.2, 0) is 37.5 Å². The second-order valence-corrected chi connectivity index (χ2v) is 9.56. The number of nitrogens with zero attached hydrogens (tertiary/aromatic N) is 3. The van der Waals surface area contributed by atoms with Gasteiger partial charge in [-0.1, -0.05) is 50.2 Å². The first-order valence-electron chi connectivity index (χ1n) is 12.4. The van der Waals surface area contributed by atoms with Crippen LogP contribution in [0, 0.1) is 0 Å². The van der Waals surface area contributed by atoms with E-state index in [1.807, 2.05) is 34.6 Å². The van der Waals surface area contributed by atoms with Crippen LogP contribution in [0.25, 0.3) is 10.4 Å². The highest BCUT2D eigenvalue weighted by Crippen LogP contribution is 2.36. The van der Waals surface area contributed by atoms with Gasteiger partial charge >= 0.3 is 14.2 Å². The third-order valence-corrected chi connectivity index (χ3v) is 6.57. The van der Waals surface area contributed by atoms with Gasteiger partial charge < -0.3 is 18.9 Å². The van der Waals surface area contributed by atoms with Crippen molar-refractivity contribution in [1.82, 2.24) is 5.48 Å². The first-order valence-corrected chi connectivity index (χ1v) is 13.5. The Balaban J connectivity index is 3.14. The second kappa shape index (κ2) is 17.2. The molecule has 0 aromatic carbocycles. The number of hydrogen-bond acceptors (Lipinski definition) is 10. The molecule has 6 atom stereocenters. The van der Waals surface area contributed by atoms with E-state index in [2.05, 4.69) is 15.5 Å². The van der Waals surface area contributed by atoms with E-state index in [9.17, 15) is 14.9 Å². The van der Waals surface area contributed by atoms with Crippen LogP contribution < -0.4 is 5.48 Å². The van der Waals surface area contributed by atoms with E-state index in [4.69, 9.17) is 28.1 Å². The minimum Gasteiger partial charge on any atom is -0.457 e. The van der Waals surface area contributed by atoms with Crippen molar-refractivity contribution in [2.75, 3.05) is 19.8 Å². The first kappa shape index (κ1) is 31.7. The smallest absolute Gasteiger partial charge is 0.457 e. The zero-order chi connectivity index (χ0) is 26.3. The van der Waals surface area contributed by atoms with Gasteiger partial charge in [-0.25, -0.2) is 0 Å². The third-order valence-electron chi connectivity index (χ3n) is 5.95. The van der Waals surface area contributed by atoms with Crippen LogP contribution >= 0.6 is 8.25 Å². The summed E-state index contributed by atoms with van der Waals surface area (Å²) in [4.78, 5) is 14.8. The molecule has 1 fully saturated rings. The Morgan fingerprint density at radius 3 is 2.37 bits per heavy atom. The Bertz CT molecular complexity index is 690. The fourth-order valence-corrected chi connectivity index (χ4v) is 3.96. The molecule has 0 aliphatic carbocycles. The van der Waals surface area contributed by atoms with Crippen molar-refractivity contribution in [2.45, 2.75) is 116 Å². The number of hydrogen-bond donors (Lipinski definition) is 1. The van der Waals surface area contributed by atoms with Gasteiger partial charge in [0.25, 0.3) is 0 Å². The van der Waals surface area contributed by atoms with Crippen LogP contribution in [0.3, 0.4) is 0 Å². The molecule has 0 amide bonds. The number of nitrogens with one attached hydrogen (secondary N) is 1. The molecular formula is C22H42N4O8P+. The summed E-state index contributed by atoms with van der Waals surface area (Å²) in [5.41, 5.74) is 11.6. The van der Waals surface area contributed by atoms with E-state index in [-0.39, 0.29) is 6.61 Å². The highest BCUT2D eigenvalue weighted by atomic mass is 31.1. The Morgan fingerprint density at radius 2 is 1.80 bits per heavy atom. The topological polar surface area (TPSA) is 150 Å². The number of hydroxylamine groups is 1. The van der Waals surface area contributed by atoms with Crippen molar-refractivity contribution >= 4 is 14.2 Å². The van der Waals surface area contributed by atoms with Crippen LogP contribution in [0.2, 0.25) is 0 Å². The molecule has 0 bridgehead atoms. The number of carbonyl (C=O) groups is 1. The van der Waals surface area contributed by atoms with Gasteiger partial charge in [0.05, 0.1) is 6.61 Å². The predicted octanol–water partition coefficient (Wildman–Crippen LogP) is 5.10. The summed E-state index contributed by atoms with van der Waals surface area (Å²) >= 11 is 0. The molecule has 1 N–H and O–H groups in total. The van der Waals surface area contributed by atoms with E-state index in [0.29, 0.717) is 13.2 Å². The summed E-state index contributed by atoms with van der Waals surface area (Å²) < 4.78 is 46.7. The largest absolute Gasteiger partial charge is 0.719 e. The summed E-state index contributed by atoms with van der Waals surface area (Å²) in [6, 6.07) is -1.08. The van der Waals surface area contributed by atoms with Gasteiger partial charge in [-0.15, -0.1) is 5.48 Å². The lowest BCUT2D eigenvalue weighted by molar-refractivity contribution is -0.258. The number of esters is 1. The number of ether oxygens (including phenoxy) is 4. The van der Waals surface area contributed by atoms with Gasteiger partial charge in [0.15, 0.2) is 6.10 Å². The number of azide groups is 1. The average Bonchev–Trinajstić information content (AvgIpc) is 2.83. The molecule has 1 saturated heterocycles. The maximum atomic E-state index is 12.6. The van der Waals surface area contributed by atoms with Crippen LogP contribution in [0.1, 0.15) is 80.1 Å². The van der Waals surface area contributed by atoms with E-state index in [1.165, 1.54) is 6.92 Å². The fraction of sp³-hybridized carbons (Fsp3) is 0.955. The third kappa shape index (κ3) is 11.1. The Labute approximate surface area is 209 Å².